The Morgan fingerprint density at radius 3 is 2.45 bits per heavy atom. The van der Waals surface area contributed by atoms with Gasteiger partial charge in [0.25, 0.3) is 0 Å². The molecule has 0 amide bonds. The zero-order chi connectivity index (χ0) is 14.6. The van der Waals surface area contributed by atoms with Crippen molar-refractivity contribution in [2.45, 2.75) is 11.4 Å². The summed E-state index contributed by atoms with van der Waals surface area (Å²) in [6.45, 7) is 0.577. The zero-order valence-corrected chi connectivity index (χ0v) is 11.8. The standard InChI is InChI=1S/C15H14N2O2S/c1-20(18,19)15-7-5-14(6-8-15)17-11-13-4-2-3-12(9-13)10-16/h2-9,17H,11H2,1H3. The van der Waals surface area contributed by atoms with Gasteiger partial charge in [-0.3, -0.25) is 0 Å². The molecule has 0 aliphatic heterocycles. The molecule has 0 unspecified atom stereocenters. The SMILES string of the molecule is CS(=O)(=O)c1ccc(NCc2cccc(C#N)c2)cc1. The van der Waals surface area contributed by atoms with E-state index in [4.69, 9.17) is 5.26 Å². The fourth-order valence-electron chi connectivity index (χ4n) is 1.77. The number of hydrogen-bond donors (Lipinski definition) is 1. The van der Waals surface area contributed by atoms with E-state index in [2.05, 4.69) is 11.4 Å². The Kier molecular flexibility index (Phi) is 4.06. The predicted molar refractivity (Wildman–Crippen MR) is 78.0 cm³/mol. The molecule has 0 fully saturated rings. The van der Waals surface area contributed by atoms with Crippen LogP contribution < -0.4 is 5.32 Å². The van der Waals surface area contributed by atoms with E-state index < -0.39 is 9.84 Å². The Bertz CT molecular complexity index is 744. The third-order valence-corrected chi connectivity index (χ3v) is 3.96. The molecule has 1 N–H and O–H groups in total. The molecule has 2 aromatic carbocycles. The maximum Gasteiger partial charge on any atom is 0.175 e. The quantitative estimate of drug-likeness (QED) is 0.937. The summed E-state index contributed by atoms with van der Waals surface area (Å²) in [5, 5.41) is 12.0. The highest BCUT2D eigenvalue weighted by molar-refractivity contribution is 7.90. The van der Waals surface area contributed by atoms with Gasteiger partial charge in [-0.25, -0.2) is 8.42 Å². The normalized spacial score (nSPS) is 10.8. The van der Waals surface area contributed by atoms with Gasteiger partial charge in [0, 0.05) is 18.5 Å². The molecule has 0 aliphatic rings. The molecule has 5 heteroatoms. The van der Waals surface area contributed by atoms with E-state index in [0.29, 0.717) is 17.0 Å². The maximum atomic E-state index is 11.3. The van der Waals surface area contributed by atoms with E-state index in [1.165, 1.54) is 6.26 Å². The molecule has 0 saturated carbocycles. The first-order valence-electron chi connectivity index (χ1n) is 6.02. The summed E-state index contributed by atoms with van der Waals surface area (Å²) < 4.78 is 22.7. The number of hydrogen-bond acceptors (Lipinski definition) is 4. The Hall–Kier alpha value is -2.32. The molecule has 0 atom stereocenters. The van der Waals surface area contributed by atoms with Crippen molar-refractivity contribution in [3.05, 3.63) is 59.7 Å². The van der Waals surface area contributed by atoms with Gasteiger partial charge in [-0.1, -0.05) is 12.1 Å². The first kappa shape index (κ1) is 14.1. The van der Waals surface area contributed by atoms with Crippen LogP contribution in [-0.4, -0.2) is 14.7 Å². The lowest BCUT2D eigenvalue weighted by Gasteiger charge is -2.07. The average molecular weight is 286 g/mol. The van der Waals surface area contributed by atoms with Crippen LogP contribution in [0.5, 0.6) is 0 Å². The number of nitriles is 1. The maximum absolute atomic E-state index is 11.3. The average Bonchev–Trinajstić information content (AvgIpc) is 2.45. The van der Waals surface area contributed by atoms with Crippen molar-refractivity contribution >= 4 is 15.5 Å². The summed E-state index contributed by atoms with van der Waals surface area (Å²) in [6.07, 6.45) is 1.18. The van der Waals surface area contributed by atoms with Crippen LogP contribution in [0.25, 0.3) is 0 Å². The molecule has 0 saturated heterocycles. The predicted octanol–water partition coefficient (Wildman–Crippen LogP) is 2.57. The number of anilines is 1. The molecule has 0 aliphatic carbocycles. The number of benzene rings is 2. The van der Waals surface area contributed by atoms with Gasteiger partial charge in [-0.2, -0.15) is 5.26 Å². The minimum Gasteiger partial charge on any atom is -0.381 e. The highest BCUT2D eigenvalue weighted by Crippen LogP contribution is 2.15. The Morgan fingerprint density at radius 1 is 1.15 bits per heavy atom. The molecule has 2 aromatic rings. The molecular formula is C15H14N2O2S. The lowest BCUT2D eigenvalue weighted by molar-refractivity contribution is 0.602. The van der Waals surface area contributed by atoms with Crippen LogP contribution in [0.15, 0.2) is 53.4 Å². The second kappa shape index (κ2) is 5.76. The minimum atomic E-state index is -3.16. The van der Waals surface area contributed by atoms with Crippen LogP contribution in [0.1, 0.15) is 11.1 Å². The largest absolute Gasteiger partial charge is 0.381 e. The number of rotatable bonds is 4. The first-order valence-corrected chi connectivity index (χ1v) is 7.91. The van der Waals surface area contributed by atoms with Crippen molar-refractivity contribution in [2.75, 3.05) is 11.6 Å². The summed E-state index contributed by atoms with van der Waals surface area (Å²) in [4.78, 5) is 0.300. The van der Waals surface area contributed by atoms with Crippen molar-refractivity contribution in [1.82, 2.24) is 0 Å². The zero-order valence-electron chi connectivity index (χ0n) is 11.0. The molecular weight excluding hydrogens is 272 g/mol. The molecule has 0 bridgehead atoms. The topological polar surface area (TPSA) is 70.0 Å². The highest BCUT2D eigenvalue weighted by atomic mass is 32.2. The fourth-order valence-corrected chi connectivity index (χ4v) is 2.41. The van der Waals surface area contributed by atoms with E-state index in [1.54, 1.807) is 30.3 Å². The summed E-state index contributed by atoms with van der Waals surface area (Å²) in [5.41, 5.74) is 2.45. The Balaban J connectivity index is 2.06. The van der Waals surface area contributed by atoms with Gasteiger partial charge in [0.1, 0.15) is 0 Å². The lowest BCUT2D eigenvalue weighted by atomic mass is 10.1. The smallest absolute Gasteiger partial charge is 0.175 e. The number of sulfone groups is 1. The number of nitrogens with one attached hydrogen (secondary N) is 1. The second-order valence-corrected chi connectivity index (χ2v) is 6.48. The van der Waals surface area contributed by atoms with E-state index >= 15 is 0 Å². The van der Waals surface area contributed by atoms with E-state index in [-0.39, 0.29) is 0 Å². The summed E-state index contributed by atoms with van der Waals surface area (Å²) in [7, 11) is -3.16. The highest BCUT2D eigenvalue weighted by Gasteiger charge is 2.05. The molecule has 0 spiro atoms. The van der Waals surface area contributed by atoms with E-state index in [0.717, 1.165) is 11.3 Å². The van der Waals surface area contributed by atoms with Gasteiger partial charge < -0.3 is 5.32 Å². The van der Waals surface area contributed by atoms with E-state index in [9.17, 15) is 8.42 Å². The molecule has 0 radical (unpaired) electrons. The van der Waals surface area contributed by atoms with Crippen LogP contribution in [0.4, 0.5) is 5.69 Å². The van der Waals surface area contributed by atoms with Crippen LogP contribution in [0, 0.1) is 11.3 Å². The fraction of sp³-hybridized carbons (Fsp3) is 0.133. The summed E-state index contributed by atoms with van der Waals surface area (Å²) in [6, 6.07) is 16.0. The van der Waals surface area contributed by atoms with Crippen LogP contribution in [-0.2, 0) is 16.4 Å². The Morgan fingerprint density at radius 2 is 1.85 bits per heavy atom. The molecule has 20 heavy (non-hydrogen) atoms. The van der Waals surface area contributed by atoms with Crippen LogP contribution in [0.3, 0.4) is 0 Å². The minimum absolute atomic E-state index is 0.300. The third-order valence-electron chi connectivity index (χ3n) is 2.84. The van der Waals surface area contributed by atoms with Gasteiger partial charge in [-0.15, -0.1) is 0 Å². The molecule has 4 nitrogen and oxygen atoms in total. The van der Waals surface area contributed by atoms with E-state index in [1.807, 2.05) is 18.2 Å². The van der Waals surface area contributed by atoms with Crippen LogP contribution >= 0.6 is 0 Å². The Labute approximate surface area is 118 Å². The van der Waals surface area contributed by atoms with Crippen LogP contribution in [0.2, 0.25) is 0 Å². The third kappa shape index (κ3) is 3.59. The molecule has 0 heterocycles. The first-order chi connectivity index (χ1) is 9.49. The van der Waals surface area contributed by atoms with Crippen molar-refractivity contribution in [2.24, 2.45) is 0 Å². The van der Waals surface area contributed by atoms with Gasteiger partial charge >= 0.3 is 0 Å². The number of nitrogens with zero attached hydrogens (tertiary/aromatic N) is 1. The van der Waals surface area contributed by atoms with Gasteiger partial charge in [-0.05, 0) is 42.0 Å². The lowest BCUT2D eigenvalue weighted by Crippen LogP contribution is -2.01. The van der Waals surface area contributed by atoms with Crippen molar-refractivity contribution in [3.63, 3.8) is 0 Å². The second-order valence-electron chi connectivity index (χ2n) is 4.46. The van der Waals surface area contributed by atoms with Crippen molar-refractivity contribution in [1.29, 1.82) is 5.26 Å². The summed E-state index contributed by atoms with van der Waals surface area (Å²) >= 11 is 0. The van der Waals surface area contributed by atoms with Gasteiger partial charge in [0.15, 0.2) is 9.84 Å². The molecule has 102 valence electrons. The monoisotopic (exact) mass is 286 g/mol. The van der Waals surface area contributed by atoms with Gasteiger partial charge in [0.2, 0.25) is 0 Å². The van der Waals surface area contributed by atoms with Crippen molar-refractivity contribution < 1.29 is 8.42 Å². The molecule has 0 aromatic heterocycles. The molecule has 2 rings (SSSR count). The summed E-state index contributed by atoms with van der Waals surface area (Å²) in [5.74, 6) is 0. The van der Waals surface area contributed by atoms with Crippen molar-refractivity contribution in [3.8, 4) is 6.07 Å². The van der Waals surface area contributed by atoms with Gasteiger partial charge in [0.05, 0.1) is 16.5 Å².